The van der Waals surface area contributed by atoms with Crippen LogP contribution in [0.4, 0.5) is 4.39 Å². The third kappa shape index (κ3) is 4.03. The Hall–Kier alpha value is -1.62. The van der Waals surface area contributed by atoms with Gasteiger partial charge in [-0.2, -0.15) is 0 Å². The van der Waals surface area contributed by atoms with E-state index in [4.69, 9.17) is 4.74 Å². The molecule has 1 amide bonds. The number of carbonyl (C=O) groups is 1. The smallest absolute Gasteiger partial charge is 0.259 e. The van der Waals surface area contributed by atoms with Gasteiger partial charge in [0.05, 0.1) is 0 Å². The fourth-order valence-electron chi connectivity index (χ4n) is 1.24. The number of hydrogen-bond acceptors (Lipinski definition) is 3. The lowest BCUT2D eigenvalue weighted by Gasteiger charge is -2.12. The summed E-state index contributed by atoms with van der Waals surface area (Å²) in [5.74, 6) is 0.0713. The molecule has 17 heavy (non-hydrogen) atoms. The number of halogens is 1. The number of nitrogens with one attached hydrogen (secondary N) is 1. The molecule has 94 valence electrons. The van der Waals surface area contributed by atoms with Crippen molar-refractivity contribution in [2.24, 2.45) is 0 Å². The number of nitrogens with zero attached hydrogens (tertiary/aromatic N) is 1. The van der Waals surface area contributed by atoms with E-state index in [9.17, 15) is 9.18 Å². The molecule has 1 aromatic rings. The summed E-state index contributed by atoms with van der Waals surface area (Å²) in [6, 6.07) is 4.44. The maximum absolute atomic E-state index is 13.3. The van der Waals surface area contributed by atoms with Crippen molar-refractivity contribution in [2.75, 3.05) is 27.7 Å². The molecule has 0 saturated carbocycles. The summed E-state index contributed by atoms with van der Waals surface area (Å²) in [6.07, 6.45) is 0. The molecule has 5 heteroatoms. The van der Waals surface area contributed by atoms with Crippen molar-refractivity contribution in [2.45, 2.75) is 6.54 Å². The summed E-state index contributed by atoms with van der Waals surface area (Å²) in [5, 5.41) is 2.86. The Balaban J connectivity index is 2.66. The lowest BCUT2D eigenvalue weighted by Crippen LogP contribution is -2.27. The predicted octanol–water partition coefficient (Wildman–Crippen LogP) is 1.01. The van der Waals surface area contributed by atoms with Gasteiger partial charge in [-0.1, -0.05) is 0 Å². The largest absolute Gasteiger partial charge is 0.484 e. The second-order valence-corrected chi connectivity index (χ2v) is 3.86. The highest BCUT2D eigenvalue weighted by Gasteiger charge is 2.07. The first-order valence-corrected chi connectivity index (χ1v) is 5.30. The molecule has 0 atom stereocenters. The molecule has 4 nitrogen and oxygen atoms in total. The molecule has 0 heterocycles. The zero-order valence-electron chi connectivity index (χ0n) is 10.3. The number of ether oxygens (including phenoxy) is 1. The molecular weight excluding hydrogens is 223 g/mol. The van der Waals surface area contributed by atoms with E-state index in [0.29, 0.717) is 17.9 Å². The van der Waals surface area contributed by atoms with Crippen molar-refractivity contribution >= 4 is 5.91 Å². The highest BCUT2D eigenvalue weighted by molar-refractivity contribution is 5.77. The average Bonchev–Trinajstić information content (AvgIpc) is 2.29. The van der Waals surface area contributed by atoms with Crippen LogP contribution in [0.2, 0.25) is 0 Å². The highest BCUT2D eigenvalue weighted by Crippen LogP contribution is 2.16. The number of hydrogen-bond donors (Lipinski definition) is 1. The number of benzene rings is 1. The van der Waals surface area contributed by atoms with Gasteiger partial charge in [-0.3, -0.25) is 4.79 Å². The minimum absolute atomic E-state index is 0.0440. The molecule has 0 saturated heterocycles. The fraction of sp³-hybridized carbons (Fsp3) is 0.417. The third-order valence-electron chi connectivity index (χ3n) is 2.25. The van der Waals surface area contributed by atoms with Crippen LogP contribution in [-0.2, 0) is 11.3 Å². The molecule has 0 aliphatic rings. The Bertz CT molecular complexity index is 394. The molecule has 1 N–H and O–H groups in total. The second-order valence-electron chi connectivity index (χ2n) is 3.86. The number of rotatable bonds is 5. The highest BCUT2D eigenvalue weighted by atomic mass is 19.1. The van der Waals surface area contributed by atoms with E-state index in [0.717, 1.165) is 0 Å². The van der Waals surface area contributed by atoms with Gasteiger partial charge in [0, 0.05) is 26.2 Å². The molecule has 0 aliphatic carbocycles. The van der Waals surface area contributed by atoms with Crippen molar-refractivity contribution < 1.29 is 13.9 Å². The zero-order chi connectivity index (χ0) is 12.8. The fourth-order valence-corrected chi connectivity index (χ4v) is 1.24. The molecule has 0 radical (unpaired) electrons. The Labute approximate surface area is 100 Å². The molecular formula is C12H17FN2O2. The van der Waals surface area contributed by atoms with Crippen molar-refractivity contribution in [3.8, 4) is 5.75 Å². The predicted molar refractivity (Wildman–Crippen MR) is 63.4 cm³/mol. The van der Waals surface area contributed by atoms with E-state index in [2.05, 4.69) is 5.32 Å². The topological polar surface area (TPSA) is 41.6 Å². The lowest BCUT2D eigenvalue weighted by atomic mass is 10.2. The summed E-state index contributed by atoms with van der Waals surface area (Å²) >= 11 is 0. The number of amides is 1. The Morgan fingerprint density at radius 2 is 2.18 bits per heavy atom. The van der Waals surface area contributed by atoms with Gasteiger partial charge < -0.3 is 15.0 Å². The summed E-state index contributed by atoms with van der Waals surface area (Å²) in [4.78, 5) is 12.8. The Morgan fingerprint density at radius 1 is 1.47 bits per heavy atom. The minimum atomic E-state index is -0.286. The summed E-state index contributed by atoms with van der Waals surface area (Å²) < 4.78 is 18.6. The quantitative estimate of drug-likeness (QED) is 0.835. The van der Waals surface area contributed by atoms with Gasteiger partial charge in [0.25, 0.3) is 5.91 Å². The first-order valence-electron chi connectivity index (χ1n) is 5.30. The van der Waals surface area contributed by atoms with Gasteiger partial charge in [0.15, 0.2) is 6.61 Å². The van der Waals surface area contributed by atoms with Crippen LogP contribution in [-0.4, -0.2) is 38.6 Å². The SMILES string of the molecule is CNCc1cc(OCC(=O)N(C)C)ccc1F. The number of likely N-dealkylation sites (N-methyl/N-ethyl adjacent to an activating group) is 1. The van der Waals surface area contributed by atoms with Gasteiger partial charge in [0.1, 0.15) is 11.6 Å². The van der Waals surface area contributed by atoms with Crippen molar-refractivity contribution in [3.05, 3.63) is 29.6 Å². The second kappa shape index (κ2) is 6.20. The first kappa shape index (κ1) is 13.4. The van der Waals surface area contributed by atoms with Crippen LogP contribution in [0.1, 0.15) is 5.56 Å². The maximum atomic E-state index is 13.3. The summed E-state index contributed by atoms with van der Waals surface area (Å²) in [7, 11) is 5.05. The van der Waals surface area contributed by atoms with Gasteiger partial charge >= 0.3 is 0 Å². The van der Waals surface area contributed by atoms with E-state index in [1.165, 1.54) is 17.0 Å². The minimum Gasteiger partial charge on any atom is -0.484 e. The van der Waals surface area contributed by atoms with E-state index >= 15 is 0 Å². The normalized spacial score (nSPS) is 10.1. The van der Waals surface area contributed by atoms with Crippen LogP contribution in [0.3, 0.4) is 0 Å². The van der Waals surface area contributed by atoms with E-state index < -0.39 is 0 Å². The van der Waals surface area contributed by atoms with E-state index in [-0.39, 0.29) is 18.3 Å². The monoisotopic (exact) mass is 240 g/mol. The van der Waals surface area contributed by atoms with Crippen LogP contribution in [0.25, 0.3) is 0 Å². The van der Waals surface area contributed by atoms with Crippen LogP contribution < -0.4 is 10.1 Å². The molecule has 0 unspecified atom stereocenters. The van der Waals surface area contributed by atoms with Crippen LogP contribution in [0, 0.1) is 5.82 Å². The molecule has 0 bridgehead atoms. The summed E-state index contributed by atoms with van der Waals surface area (Å²) in [5.41, 5.74) is 0.516. The van der Waals surface area contributed by atoms with E-state index in [1.54, 1.807) is 27.2 Å². The molecule has 0 spiro atoms. The van der Waals surface area contributed by atoms with Gasteiger partial charge in [-0.15, -0.1) is 0 Å². The number of carbonyl (C=O) groups excluding carboxylic acids is 1. The van der Waals surface area contributed by atoms with Crippen LogP contribution >= 0.6 is 0 Å². The molecule has 1 rings (SSSR count). The zero-order valence-corrected chi connectivity index (χ0v) is 10.3. The van der Waals surface area contributed by atoms with Crippen LogP contribution in [0.15, 0.2) is 18.2 Å². The molecule has 0 aromatic heterocycles. The Kier molecular flexibility index (Phi) is 4.90. The summed E-state index contributed by atoms with van der Waals surface area (Å²) in [6.45, 7) is 0.377. The van der Waals surface area contributed by atoms with Crippen LogP contribution in [0.5, 0.6) is 5.75 Å². The van der Waals surface area contributed by atoms with Crippen molar-refractivity contribution in [1.29, 1.82) is 0 Å². The van der Waals surface area contributed by atoms with E-state index in [1.807, 2.05) is 0 Å². The molecule has 1 aromatic carbocycles. The maximum Gasteiger partial charge on any atom is 0.259 e. The van der Waals surface area contributed by atoms with Gasteiger partial charge in [-0.05, 0) is 25.2 Å². The Morgan fingerprint density at radius 3 is 2.76 bits per heavy atom. The molecule has 0 aliphatic heterocycles. The average molecular weight is 240 g/mol. The first-order chi connectivity index (χ1) is 8.04. The lowest BCUT2D eigenvalue weighted by molar-refractivity contribution is -0.130. The van der Waals surface area contributed by atoms with Gasteiger partial charge in [0.2, 0.25) is 0 Å². The standard InChI is InChI=1S/C12H17FN2O2/c1-14-7-9-6-10(4-5-11(9)13)17-8-12(16)15(2)3/h4-6,14H,7-8H2,1-3H3. The molecule has 0 fully saturated rings. The third-order valence-corrected chi connectivity index (χ3v) is 2.25. The van der Waals surface area contributed by atoms with Crippen molar-refractivity contribution in [1.82, 2.24) is 10.2 Å². The van der Waals surface area contributed by atoms with Gasteiger partial charge in [-0.25, -0.2) is 4.39 Å². The van der Waals surface area contributed by atoms with Crippen molar-refractivity contribution in [3.63, 3.8) is 0 Å².